The molecule has 1 amide bonds. The first-order valence-electron chi connectivity index (χ1n) is 7.91. The van der Waals surface area contributed by atoms with E-state index in [1.165, 1.54) is 41.4 Å². The van der Waals surface area contributed by atoms with E-state index in [4.69, 9.17) is 0 Å². The Labute approximate surface area is 161 Å². The van der Waals surface area contributed by atoms with Crippen molar-refractivity contribution in [2.24, 2.45) is 0 Å². The summed E-state index contributed by atoms with van der Waals surface area (Å²) in [6.45, 7) is 0. The van der Waals surface area contributed by atoms with Crippen molar-refractivity contribution in [3.63, 3.8) is 0 Å². The number of para-hydroxylation sites is 2. The molecule has 0 saturated heterocycles. The lowest BCUT2D eigenvalue weighted by molar-refractivity contribution is 0.102. The van der Waals surface area contributed by atoms with Gasteiger partial charge in [0.25, 0.3) is 5.91 Å². The van der Waals surface area contributed by atoms with Gasteiger partial charge in [0.05, 0.1) is 17.2 Å². The van der Waals surface area contributed by atoms with E-state index in [1.807, 2.05) is 18.2 Å². The van der Waals surface area contributed by atoms with Crippen LogP contribution in [0.2, 0.25) is 0 Å². The Morgan fingerprint density at radius 1 is 1.07 bits per heavy atom. The molecule has 4 aromatic rings. The third kappa shape index (κ3) is 4.26. The molecule has 0 radical (unpaired) electrons. The molecule has 4 rings (SSSR count). The number of nitrogens with zero attached hydrogens (tertiary/aromatic N) is 4. The molecule has 27 heavy (non-hydrogen) atoms. The van der Waals surface area contributed by atoms with E-state index < -0.39 is 0 Å². The summed E-state index contributed by atoms with van der Waals surface area (Å²) in [6.07, 6.45) is 1.43. The Morgan fingerprint density at radius 2 is 1.85 bits per heavy atom. The minimum absolute atomic E-state index is 0.212. The van der Waals surface area contributed by atoms with E-state index in [1.54, 1.807) is 18.2 Å². The maximum atomic E-state index is 12.9. The van der Waals surface area contributed by atoms with Gasteiger partial charge in [-0.25, -0.2) is 9.37 Å². The number of halogens is 1. The zero-order chi connectivity index (χ0) is 18.6. The van der Waals surface area contributed by atoms with E-state index in [0.717, 1.165) is 11.1 Å². The van der Waals surface area contributed by atoms with Crippen LogP contribution in [-0.4, -0.2) is 26.1 Å². The van der Waals surface area contributed by atoms with Crippen molar-refractivity contribution >= 4 is 45.2 Å². The predicted octanol–water partition coefficient (Wildman–Crippen LogP) is 4.17. The fourth-order valence-electron chi connectivity index (χ4n) is 2.27. The highest BCUT2D eigenvalue weighted by molar-refractivity contribution is 8.00. The molecule has 0 bridgehead atoms. The van der Waals surface area contributed by atoms with E-state index in [-0.39, 0.29) is 17.4 Å². The summed E-state index contributed by atoms with van der Waals surface area (Å²) < 4.78 is 13.6. The van der Waals surface area contributed by atoms with Crippen LogP contribution in [0.3, 0.4) is 0 Å². The summed E-state index contributed by atoms with van der Waals surface area (Å²) in [5, 5.41) is 11.1. The van der Waals surface area contributed by atoms with Gasteiger partial charge >= 0.3 is 0 Å². The smallest absolute Gasteiger partial charge is 0.277 e. The monoisotopic (exact) mass is 397 g/mol. The number of hydrogen-bond donors (Lipinski definition) is 1. The van der Waals surface area contributed by atoms with E-state index in [9.17, 15) is 9.18 Å². The van der Waals surface area contributed by atoms with Gasteiger partial charge in [-0.1, -0.05) is 47.4 Å². The molecule has 0 fully saturated rings. The number of carbonyl (C=O) groups excluding carboxylic acids is 1. The van der Waals surface area contributed by atoms with Crippen molar-refractivity contribution in [2.45, 2.75) is 10.1 Å². The lowest BCUT2D eigenvalue weighted by Gasteiger charge is -2.01. The molecule has 2 aromatic carbocycles. The van der Waals surface area contributed by atoms with Crippen LogP contribution in [0.1, 0.15) is 16.1 Å². The minimum atomic E-state index is -0.389. The molecular formula is C18H12FN5OS2. The second-order valence-electron chi connectivity index (χ2n) is 5.49. The Morgan fingerprint density at radius 3 is 2.67 bits per heavy atom. The first-order valence-corrected chi connectivity index (χ1v) is 9.71. The molecule has 2 heterocycles. The molecule has 9 heteroatoms. The van der Waals surface area contributed by atoms with Crippen molar-refractivity contribution < 1.29 is 9.18 Å². The maximum Gasteiger partial charge on any atom is 0.277 e. The normalized spacial score (nSPS) is 10.9. The molecule has 0 aliphatic rings. The van der Waals surface area contributed by atoms with Crippen molar-refractivity contribution in [2.75, 3.05) is 5.32 Å². The fourth-order valence-corrected chi connectivity index (χ4v) is 3.97. The van der Waals surface area contributed by atoms with E-state index in [2.05, 4.69) is 25.5 Å². The van der Waals surface area contributed by atoms with Gasteiger partial charge in [-0.15, -0.1) is 10.2 Å². The Kier molecular flexibility index (Phi) is 5.03. The highest BCUT2D eigenvalue weighted by Crippen LogP contribution is 2.28. The molecule has 0 spiro atoms. The van der Waals surface area contributed by atoms with E-state index in [0.29, 0.717) is 20.7 Å². The summed E-state index contributed by atoms with van der Waals surface area (Å²) in [5.74, 6) is -0.0140. The lowest BCUT2D eigenvalue weighted by Crippen LogP contribution is -2.14. The fraction of sp³-hybridized carbons (Fsp3) is 0.0556. The average Bonchev–Trinajstić information content (AvgIpc) is 3.14. The van der Waals surface area contributed by atoms with Crippen LogP contribution in [0.5, 0.6) is 0 Å². The number of fused-ring (bicyclic) bond motifs is 1. The predicted molar refractivity (Wildman–Crippen MR) is 103 cm³/mol. The number of aromatic nitrogens is 4. The van der Waals surface area contributed by atoms with Gasteiger partial charge in [-0.2, -0.15) is 0 Å². The number of carbonyl (C=O) groups is 1. The molecule has 0 saturated carbocycles. The number of benzene rings is 2. The van der Waals surface area contributed by atoms with E-state index >= 15 is 0 Å². The molecule has 6 nitrogen and oxygen atoms in total. The van der Waals surface area contributed by atoms with Gasteiger partial charge in [0.15, 0.2) is 4.34 Å². The second-order valence-corrected chi connectivity index (χ2v) is 7.69. The maximum absolute atomic E-state index is 12.9. The van der Waals surface area contributed by atoms with Gasteiger partial charge in [-0.3, -0.25) is 15.1 Å². The van der Waals surface area contributed by atoms with Crippen LogP contribution in [0, 0.1) is 5.82 Å². The molecular weight excluding hydrogens is 385 g/mol. The molecule has 0 unspecified atom stereocenters. The Hall–Kier alpha value is -2.91. The van der Waals surface area contributed by atoms with Crippen molar-refractivity contribution in [1.82, 2.24) is 20.2 Å². The topological polar surface area (TPSA) is 80.7 Å². The zero-order valence-electron chi connectivity index (χ0n) is 13.8. The van der Waals surface area contributed by atoms with Crippen LogP contribution in [0.4, 0.5) is 9.52 Å². The van der Waals surface area contributed by atoms with Crippen LogP contribution < -0.4 is 5.32 Å². The highest BCUT2D eigenvalue weighted by atomic mass is 32.2. The number of thioether (sulfide) groups is 1. The van der Waals surface area contributed by atoms with Crippen LogP contribution in [-0.2, 0) is 5.75 Å². The first kappa shape index (κ1) is 17.5. The quantitative estimate of drug-likeness (QED) is 0.402. The van der Waals surface area contributed by atoms with Crippen molar-refractivity contribution in [1.29, 1.82) is 0 Å². The first-order chi connectivity index (χ1) is 13.2. The van der Waals surface area contributed by atoms with Crippen LogP contribution in [0.15, 0.2) is 59.1 Å². The Balaban J connectivity index is 1.40. The van der Waals surface area contributed by atoms with Gasteiger partial charge in [0.1, 0.15) is 11.5 Å². The molecule has 1 N–H and O–H groups in total. The number of rotatable bonds is 5. The van der Waals surface area contributed by atoms with Crippen LogP contribution >= 0.6 is 23.1 Å². The summed E-state index contributed by atoms with van der Waals surface area (Å²) >= 11 is 2.74. The molecule has 2 aromatic heterocycles. The number of nitrogens with one attached hydrogen (secondary N) is 1. The minimum Gasteiger partial charge on any atom is -0.295 e. The van der Waals surface area contributed by atoms with Gasteiger partial charge in [0.2, 0.25) is 5.13 Å². The zero-order valence-corrected chi connectivity index (χ0v) is 15.4. The molecule has 0 aliphatic heterocycles. The third-order valence-corrected chi connectivity index (χ3v) is 5.63. The van der Waals surface area contributed by atoms with Gasteiger partial charge < -0.3 is 0 Å². The lowest BCUT2D eigenvalue weighted by atomic mass is 10.2. The van der Waals surface area contributed by atoms with Gasteiger partial charge in [-0.05, 0) is 29.8 Å². The molecule has 134 valence electrons. The summed E-state index contributed by atoms with van der Waals surface area (Å²) in [4.78, 5) is 20.9. The standard InChI is InChI=1S/C18H12FN5OS2/c19-12-7-5-11(6-8-12)10-26-18-24-23-17(27-18)22-16(25)15-9-20-13-3-1-2-4-14(13)21-15/h1-9H,10H2,(H,22,23,25). The SMILES string of the molecule is O=C(Nc1nnc(SCc2ccc(F)cc2)s1)c1cnc2ccccc2n1. The van der Waals surface area contributed by atoms with Crippen molar-refractivity contribution in [3.8, 4) is 0 Å². The second kappa shape index (κ2) is 7.77. The molecule has 0 aliphatic carbocycles. The largest absolute Gasteiger partial charge is 0.295 e. The summed E-state index contributed by atoms with van der Waals surface area (Å²) in [5.41, 5.74) is 2.57. The summed E-state index contributed by atoms with van der Waals surface area (Å²) in [6, 6.07) is 13.6. The Bertz CT molecular complexity index is 1100. The third-order valence-electron chi connectivity index (χ3n) is 3.58. The number of amides is 1. The molecule has 0 atom stereocenters. The number of hydrogen-bond acceptors (Lipinski definition) is 7. The average molecular weight is 397 g/mol. The van der Waals surface area contributed by atoms with Crippen molar-refractivity contribution in [3.05, 3.63) is 71.8 Å². The summed E-state index contributed by atoms with van der Waals surface area (Å²) in [7, 11) is 0. The number of anilines is 1. The van der Waals surface area contributed by atoms with Gasteiger partial charge in [0, 0.05) is 5.75 Å². The van der Waals surface area contributed by atoms with Crippen LogP contribution in [0.25, 0.3) is 11.0 Å². The highest BCUT2D eigenvalue weighted by Gasteiger charge is 2.13.